The fraction of sp³-hybridized carbons (Fsp3) is 0.857. The minimum Gasteiger partial charge on any atom is -0.430 e. The van der Waals surface area contributed by atoms with E-state index in [-0.39, 0.29) is 12.5 Å². The molecule has 0 aliphatic carbocycles. The minimum absolute atomic E-state index is 0.149. The van der Waals surface area contributed by atoms with Crippen molar-refractivity contribution < 1.29 is 64.6 Å². The summed E-state index contributed by atoms with van der Waals surface area (Å²) in [6.07, 6.45) is -9.74. The molecule has 13 heteroatoms. The van der Waals surface area contributed by atoms with Gasteiger partial charge in [0, 0.05) is 6.08 Å². The second-order valence-corrected chi connectivity index (χ2v) is 8.58. The van der Waals surface area contributed by atoms with E-state index in [9.17, 15) is 40.5 Å². The molecule has 2 rings (SSSR count). The number of aliphatic hydroxyl groups is 8. The fourth-order valence-electron chi connectivity index (χ4n) is 3.61. The average Bonchev–Trinajstić information content (AvgIpc) is 2.82. The smallest absolute Gasteiger partial charge is 0.332 e. The predicted molar refractivity (Wildman–Crippen MR) is 112 cm³/mol. The highest BCUT2D eigenvalue weighted by molar-refractivity contribution is 5.82. The largest absolute Gasteiger partial charge is 0.430 e. The number of rotatable bonds is 11. The Balaban J connectivity index is 1.67. The van der Waals surface area contributed by atoms with Gasteiger partial charge in [0.05, 0.1) is 19.8 Å². The Morgan fingerprint density at radius 2 is 1.35 bits per heavy atom. The highest BCUT2D eigenvalue weighted by atomic mass is 16.7. The SMILES string of the molecule is C[C@H](CC/C=C/C(=O)O[C@@H]1OC(CO)[C@@H](O)C(O)C1O)CCO[C@@H]1OC(CO)[C@@H](O)C(O)C1O. The summed E-state index contributed by atoms with van der Waals surface area (Å²) in [6.45, 7) is 0.961. The first kappa shape index (κ1) is 29.0. The average molecular weight is 497 g/mol. The van der Waals surface area contributed by atoms with Crippen LogP contribution < -0.4 is 0 Å². The maximum absolute atomic E-state index is 11.9. The quantitative estimate of drug-likeness (QED) is 0.103. The topological polar surface area (TPSA) is 216 Å². The van der Waals surface area contributed by atoms with Crippen molar-refractivity contribution in [2.75, 3.05) is 19.8 Å². The van der Waals surface area contributed by atoms with Crippen molar-refractivity contribution in [1.29, 1.82) is 0 Å². The van der Waals surface area contributed by atoms with Gasteiger partial charge >= 0.3 is 5.97 Å². The van der Waals surface area contributed by atoms with Crippen LogP contribution in [0.1, 0.15) is 26.2 Å². The van der Waals surface area contributed by atoms with Crippen LogP contribution in [-0.2, 0) is 23.7 Å². The van der Waals surface area contributed by atoms with Crippen molar-refractivity contribution in [2.24, 2.45) is 5.92 Å². The van der Waals surface area contributed by atoms with Gasteiger partial charge in [0.2, 0.25) is 6.29 Å². The maximum atomic E-state index is 11.9. The number of carbonyl (C=O) groups is 1. The molecule has 34 heavy (non-hydrogen) atoms. The number of carbonyl (C=O) groups excluding carboxylic acids is 1. The molecule has 0 radical (unpaired) electrons. The first-order chi connectivity index (χ1) is 16.1. The minimum atomic E-state index is -1.67. The highest BCUT2D eigenvalue weighted by Crippen LogP contribution is 2.23. The van der Waals surface area contributed by atoms with Crippen LogP contribution in [0.5, 0.6) is 0 Å². The summed E-state index contributed by atoms with van der Waals surface area (Å²) < 4.78 is 20.8. The molecule has 0 bridgehead atoms. The molecule has 2 aliphatic rings. The molecule has 8 N–H and O–H groups in total. The molecule has 11 atom stereocenters. The Labute approximate surface area is 196 Å². The molecular formula is C21H36O13. The van der Waals surface area contributed by atoms with Crippen molar-refractivity contribution in [1.82, 2.24) is 0 Å². The summed E-state index contributed by atoms with van der Waals surface area (Å²) >= 11 is 0. The van der Waals surface area contributed by atoms with Gasteiger partial charge in [-0.15, -0.1) is 0 Å². The number of hydrogen-bond acceptors (Lipinski definition) is 13. The van der Waals surface area contributed by atoms with Gasteiger partial charge in [-0.1, -0.05) is 13.0 Å². The van der Waals surface area contributed by atoms with Gasteiger partial charge < -0.3 is 59.8 Å². The summed E-state index contributed by atoms with van der Waals surface area (Å²) in [6, 6.07) is 0. The summed E-state index contributed by atoms with van der Waals surface area (Å²) in [5.74, 6) is -0.682. The van der Waals surface area contributed by atoms with E-state index >= 15 is 0 Å². The van der Waals surface area contributed by atoms with Crippen molar-refractivity contribution in [2.45, 2.75) is 87.6 Å². The summed E-state index contributed by atoms with van der Waals surface area (Å²) in [5.41, 5.74) is 0. The van der Waals surface area contributed by atoms with Gasteiger partial charge in [0.1, 0.15) is 48.8 Å². The highest BCUT2D eigenvalue weighted by Gasteiger charge is 2.45. The third-order valence-electron chi connectivity index (χ3n) is 5.90. The maximum Gasteiger partial charge on any atom is 0.332 e. The van der Waals surface area contributed by atoms with Crippen LogP contribution >= 0.6 is 0 Å². The van der Waals surface area contributed by atoms with Crippen LogP contribution in [0.25, 0.3) is 0 Å². The van der Waals surface area contributed by atoms with E-state index in [1.165, 1.54) is 0 Å². The molecule has 0 spiro atoms. The Morgan fingerprint density at radius 1 is 0.824 bits per heavy atom. The lowest BCUT2D eigenvalue weighted by molar-refractivity contribution is -0.301. The van der Waals surface area contributed by atoms with Crippen molar-refractivity contribution in [3.8, 4) is 0 Å². The van der Waals surface area contributed by atoms with Gasteiger partial charge in [-0.05, 0) is 25.2 Å². The predicted octanol–water partition coefficient (Wildman–Crippen LogP) is -3.49. The fourth-order valence-corrected chi connectivity index (χ4v) is 3.61. The molecule has 2 aliphatic heterocycles. The van der Waals surface area contributed by atoms with Crippen LogP contribution in [0.2, 0.25) is 0 Å². The molecular weight excluding hydrogens is 460 g/mol. The van der Waals surface area contributed by atoms with Crippen molar-refractivity contribution in [3.05, 3.63) is 12.2 Å². The molecule has 0 amide bonds. The lowest BCUT2D eigenvalue weighted by Gasteiger charge is -2.39. The summed E-state index contributed by atoms with van der Waals surface area (Å²) in [4.78, 5) is 11.9. The van der Waals surface area contributed by atoms with Gasteiger partial charge in [-0.25, -0.2) is 4.79 Å². The van der Waals surface area contributed by atoms with Crippen molar-refractivity contribution >= 4 is 5.97 Å². The second-order valence-electron chi connectivity index (χ2n) is 8.58. The third kappa shape index (κ3) is 7.63. The van der Waals surface area contributed by atoms with Crippen LogP contribution in [0.4, 0.5) is 0 Å². The van der Waals surface area contributed by atoms with E-state index in [4.69, 9.17) is 24.1 Å². The molecule has 0 aromatic carbocycles. The normalized spacial score (nSPS) is 39.8. The number of allylic oxidation sites excluding steroid dienone is 1. The number of hydrogen-bond donors (Lipinski definition) is 8. The van der Waals surface area contributed by atoms with Gasteiger partial charge in [0.25, 0.3) is 0 Å². The van der Waals surface area contributed by atoms with E-state index in [1.807, 2.05) is 6.92 Å². The van der Waals surface area contributed by atoms with Crippen LogP contribution in [0.3, 0.4) is 0 Å². The molecule has 198 valence electrons. The first-order valence-electron chi connectivity index (χ1n) is 11.2. The van der Waals surface area contributed by atoms with Crippen molar-refractivity contribution in [3.63, 3.8) is 0 Å². The Morgan fingerprint density at radius 3 is 1.91 bits per heavy atom. The van der Waals surface area contributed by atoms with Gasteiger partial charge in [0.15, 0.2) is 6.29 Å². The van der Waals surface area contributed by atoms with E-state index in [2.05, 4.69) is 0 Å². The monoisotopic (exact) mass is 496 g/mol. The first-order valence-corrected chi connectivity index (χ1v) is 11.2. The van der Waals surface area contributed by atoms with Gasteiger partial charge in [-0.3, -0.25) is 0 Å². The molecule has 0 aromatic rings. The number of esters is 1. The molecule has 2 heterocycles. The zero-order chi connectivity index (χ0) is 25.4. The summed E-state index contributed by atoms with van der Waals surface area (Å²) in [5, 5.41) is 77.1. The Bertz CT molecular complexity index is 642. The van der Waals surface area contributed by atoms with E-state index in [0.29, 0.717) is 19.3 Å². The van der Waals surface area contributed by atoms with E-state index in [0.717, 1.165) is 6.08 Å². The molecule has 0 saturated carbocycles. The lowest BCUT2D eigenvalue weighted by atomic mass is 9.99. The number of aliphatic hydroxyl groups excluding tert-OH is 8. The standard InChI is InChI=1S/C21H36O13/c1-10(6-7-31-20-18(29)16(27)14(25)11(8-22)32-20)4-2-3-5-13(24)34-21-19(30)17(28)15(26)12(9-23)33-21/h3,5,10-12,14-23,25-30H,2,4,6-9H2,1H3/b5-3+/t10-,11?,12?,14-,15-,16?,17?,18?,19?,20-,21+/m1/s1. The van der Waals surface area contributed by atoms with E-state index in [1.54, 1.807) is 6.08 Å². The second kappa shape index (κ2) is 13.8. The van der Waals surface area contributed by atoms with Crippen LogP contribution in [0.15, 0.2) is 12.2 Å². The third-order valence-corrected chi connectivity index (χ3v) is 5.90. The molecule has 2 fully saturated rings. The molecule has 6 unspecified atom stereocenters. The molecule has 2 saturated heterocycles. The Kier molecular flexibility index (Phi) is 11.7. The molecule has 13 nitrogen and oxygen atoms in total. The molecule has 0 aromatic heterocycles. The lowest BCUT2D eigenvalue weighted by Crippen LogP contribution is -2.59. The van der Waals surface area contributed by atoms with Crippen LogP contribution in [0, 0.1) is 5.92 Å². The Hall–Kier alpha value is -1.23. The van der Waals surface area contributed by atoms with Crippen LogP contribution in [-0.4, -0.2) is 128 Å². The summed E-state index contributed by atoms with van der Waals surface area (Å²) in [7, 11) is 0. The zero-order valence-corrected chi connectivity index (χ0v) is 18.9. The number of ether oxygens (including phenoxy) is 4. The van der Waals surface area contributed by atoms with E-state index < -0.39 is 80.6 Å². The zero-order valence-electron chi connectivity index (χ0n) is 18.9. The van der Waals surface area contributed by atoms with Gasteiger partial charge in [-0.2, -0.15) is 0 Å².